The first-order chi connectivity index (χ1) is 10.2. The number of fused-ring (bicyclic) bond motifs is 1. The van der Waals surface area contributed by atoms with Gasteiger partial charge in [0.15, 0.2) is 0 Å². The fraction of sp³-hybridized carbons (Fsp3) is 0.125. The van der Waals surface area contributed by atoms with Gasteiger partial charge < -0.3 is 4.74 Å². The van der Waals surface area contributed by atoms with Crippen molar-refractivity contribution >= 4 is 22.5 Å². The van der Waals surface area contributed by atoms with Crippen molar-refractivity contribution < 1.29 is 4.74 Å². The van der Waals surface area contributed by atoms with Gasteiger partial charge in [-0.1, -0.05) is 29.8 Å². The maximum absolute atomic E-state index is 8.85. The molecule has 0 bridgehead atoms. The molecule has 3 rings (SSSR count). The third kappa shape index (κ3) is 2.56. The minimum absolute atomic E-state index is 0.351. The van der Waals surface area contributed by atoms with Gasteiger partial charge in [-0.15, -0.1) is 0 Å². The third-order valence-electron chi connectivity index (χ3n) is 3.27. The van der Waals surface area contributed by atoms with Crippen LogP contribution in [-0.2, 0) is 13.7 Å². The van der Waals surface area contributed by atoms with Crippen LogP contribution in [0.1, 0.15) is 11.3 Å². The Morgan fingerprint density at radius 3 is 2.86 bits per heavy atom. The summed E-state index contributed by atoms with van der Waals surface area (Å²) in [6, 6.07) is 15.0. The maximum atomic E-state index is 8.85. The van der Waals surface area contributed by atoms with Crippen LogP contribution in [0.25, 0.3) is 10.9 Å². The lowest BCUT2D eigenvalue weighted by Gasteiger charge is -2.05. The van der Waals surface area contributed by atoms with Gasteiger partial charge >= 0.3 is 0 Å². The lowest BCUT2D eigenvalue weighted by atomic mass is 10.2. The summed E-state index contributed by atoms with van der Waals surface area (Å²) in [6.07, 6.45) is 0. The van der Waals surface area contributed by atoms with Crippen molar-refractivity contribution in [1.82, 2.24) is 9.78 Å². The van der Waals surface area contributed by atoms with Crippen LogP contribution < -0.4 is 4.74 Å². The summed E-state index contributed by atoms with van der Waals surface area (Å²) < 4.78 is 7.56. The zero-order valence-electron chi connectivity index (χ0n) is 11.4. The molecule has 0 spiro atoms. The van der Waals surface area contributed by atoms with Crippen LogP contribution in [-0.4, -0.2) is 9.78 Å². The molecular formula is C16H12ClN3O. The quantitative estimate of drug-likeness (QED) is 0.741. The second-order valence-corrected chi connectivity index (χ2v) is 5.04. The van der Waals surface area contributed by atoms with Crippen molar-refractivity contribution in [3.8, 4) is 11.8 Å². The van der Waals surface area contributed by atoms with Gasteiger partial charge in [-0.3, -0.25) is 4.68 Å². The summed E-state index contributed by atoms with van der Waals surface area (Å²) >= 11 is 5.99. The summed E-state index contributed by atoms with van der Waals surface area (Å²) in [4.78, 5) is 0. The minimum atomic E-state index is 0.351. The second-order valence-electron chi connectivity index (χ2n) is 4.63. The van der Waals surface area contributed by atoms with Crippen LogP contribution in [0, 0.1) is 11.3 Å². The fourth-order valence-corrected chi connectivity index (χ4v) is 2.44. The van der Waals surface area contributed by atoms with Gasteiger partial charge in [0.05, 0.1) is 16.1 Å². The molecule has 1 heterocycles. The minimum Gasteiger partial charge on any atom is -0.487 e. The molecule has 1 aromatic heterocycles. The van der Waals surface area contributed by atoms with Crippen LogP contribution in [0.3, 0.4) is 0 Å². The van der Waals surface area contributed by atoms with Gasteiger partial charge in [0, 0.05) is 18.5 Å². The summed E-state index contributed by atoms with van der Waals surface area (Å²) in [7, 11) is 1.91. The second kappa shape index (κ2) is 5.47. The largest absolute Gasteiger partial charge is 0.487 e. The Bertz CT molecular complexity index is 848. The number of para-hydroxylation sites is 1. The molecule has 4 nitrogen and oxygen atoms in total. The first-order valence-corrected chi connectivity index (χ1v) is 6.80. The molecule has 0 saturated carbocycles. The highest BCUT2D eigenvalue weighted by atomic mass is 35.5. The average molecular weight is 298 g/mol. The van der Waals surface area contributed by atoms with E-state index in [4.69, 9.17) is 21.6 Å². The SMILES string of the molecule is Cn1nc(COc2ccc(C#N)c(Cl)c2)c2ccccc21. The highest BCUT2D eigenvalue weighted by Crippen LogP contribution is 2.24. The Morgan fingerprint density at radius 2 is 2.10 bits per heavy atom. The van der Waals surface area contributed by atoms with E-state index in [0.29, 0.717) is 22.9 Å². The number of halogens is 1. The Hall–Kier alpha value is -2.51. The smallest absolute Gasteiger partial charge is 0.133 e. The van der Waals surface area contributed by atoms with E-state index in [0.717, 1.165) is 16.6 Å². The summed E-state index contributed by atoms with van der Waals surface area (Å²) in [5.41, 5.74) is 2.37. The van der Waals surface area contributed by atoms with Gasteiger partial charge in [0.1, 0.15) is 24.1 Å². The van der Waals surface area contributed by atoms with E-state index in [1.165, 1.54) is 0 Å². The van der Waals surface area contributed by atoms with Crippen molar-refractivity contribution in [3.63, 3.8) is 0 Å². The van der Waals surface area contributed by atoms with Crippen LogP contribution >= 0.6 is 11.6 Å². The van der Waals surface area contributed by atoms with E-state index in [2.05, 4.69) is 5.10 Å². The van der Waals surface area contributed by atoms with Crippen molar-refractivity contribution in [1.29, 1.82) is 5.26 Å². The molecule has 0 saturated heterocycles. The number of aromatic nitrogens is 2. The van der Waals surface area contributed by atoms with Gasteiger partial charge in [0.2, 0.25) is 0 Å². The molecular weight excluding hydrogens is 286 g/mol. The summed E-state index contributed by atoms with van der Waals surface area (Å²) in [5.74, 6) is 0.619. The zero-order chi connectivity index (χ0) is 14.8. The third-order valence-corrected chi connectivity index (χ3v) is 3.58. The lowest BCUT2D eigenvalue weighted by molar-refractivity contribution is 0.301. The predicted molar refractivity (Wildman–Crippen MR) is 81.2 cm³/mol. The summed E-state index contributed by atoms with van der Waals surface area (Å²) in [5, 5.41) is 14.8. The molecule has 0 N–H and O–H groups in total. The van der Waals surface area contributed by atoms with Crippen molar-refractivity contribution in [2.45, 2.75) is 6.61 Å². The van der Waals surface area contributed by atoms with E-state index in [1.807, 2.05) is 42.1 Å². The molecule has 0 atom stereocenters. The number of nitriles is 1. The van der Waals surface area contributed by atoms with E-state index in [9.17, 15) is 0 Å². The predicted octanol–water partition coefficient (Wildman–Crippen LogP) is 3.68. The molecule has 5 heteroatoms. The molecule has 0 radical (unpaired) electrons. The Morgan fingerprint density at radius 1 is 1.29 bits per heavy atom. The Labute approximate surface area is 127 Å². The summed E-state index contributed by atoms with van der Waals surface area (Å²) in [6.45, 7) is 0.351. The normalized spacial score (nSPS) is 10.5. The number of hydrogen-bond acceptors (Lipinski definition) is 3. The molecule has 0 aliphatic heterocycles. The molecule has 2 aromatic carbocycles. The average Bonchev–Trinajstić information content (AvgIpc) is 2.82. The first kappa shape index (κ1) is 13.5. The van der Waals surface area contributed by atoms with Crippen LogP contribution in [0.5, 0.6) is 5.75 Å². The Kier molecular flexibility index (Phi) is 3.51. The lowest BCUT2D eigenvalue weighted by Crippen LogP contribution is -1.98. The van der Waals surface area contributed by atoms with Gasteiger partial charge in [-0.25, -0.2) is 0 Å². The molecule has 104 valence electrons. The first-order valence-electron chi connectivity index (χ1n) is 6.42. The number of aryl methyl sites for hydroxylation is 1. The van der Waals surface area contributed by atoms with Gasteiger partial charge in [-0.2, -0.15) is 10.4 Å². The number of hydrogen-bond donors (Lipinski definition) is 0. The van der Waals surface area contributed by atoms with Crippen molar-refractivity contribution in [3.05, 3.63) is 58.7 Å². The van der Waals surface area contributed by atoms with Crippen molar-refractivity contribution in [2.24, 2.45) is 7.05 Å². The standard InChI is InChI=1S/C16H12ClN3O/c1-20-16-5-3-2-4-13(16)15(19-20)10-21-12-7-6-11(9-18)14(17)8-12/h2-8H,10H2,1H3. The number of nitrogens with zero attached hydrogens (tertiary/aromatic N) is 3. The van der Waals surface area contributed by atoms with Crippen LogP contribution in [0.15, 0.2) is 42.5 Å². The van der Waals surface area contributed by atoms with Gasteiger partial charge in [-0.05, 0) is 18.2 Å². The molecule has 0 fully saturated rings. The topological polar surface area (TPSA) is 50.8 Å². The van der Waals surface area contributed by atoms with Gasteiger partial charge in [0.25, 0.3) is 0 Å². The number of benzene rings is 2. The van der Waals surface area contributed by atoms with E-state index in [-0.39, 0.29) is 0 Å². The zero-order valence-corrected chi connectivity index (χ0v) is 12.1. The van der Waals surface area contributed by atoms with E-state index < -0.39 is 0 Å². The van der Waals surface area contributed by atoms with Crippen molar-refractivity contribution in [2.75, 3.05) is 0 Å². The highest BCUT2D eigenvalue weighted by molar-refractivity contribution is 6.31. The molecule has 0 unspecified atom stereocenters. The number of rotatable bonds is 3. The molecule has 3 aromatic rings. The van der Waals surface area contributed by atoms with Crippen LogP contribution in [0.2, 0.25) is 5.02 Å². The Balaban J connectivity index is 1.84. The van der Waals surface area contributed by atoms with E-state index >= 15 is 0 Å². The molecule has 0 aliphatic carbocycles. The van der Waals surface area contributed by atoms with Crippen LogP contribution in [0.4, 0.5) is 0 Å². The molecule has 21 heavy (non-hydrogen) atoms. The molecule has 0 aliphatic rings. The number of ether oxygens (including phenoxy) is 1. The highest BCUT2D eigenvalue weighted by Gasteiger charge is 2.09. The van der Waals surface area contributed by atoms with E-state index in [1.54, 1.807) is 18.2 Å². The molecule has 0 amide bonds. The fourth-order valence-electron chi connectivity index (χ4n) is 2.22. The monoisotopic (exact) mass is 297 g/mol. The maximum Gasteiger partial charge on any atom is 0.133 e.